The number of amides is 3. The van der Waals surface area contributed by atoms with Crippen LogP contribution in [-0.2, 0) is 9.59 Å². The number of nitrogen functional groups attached to an aromatic ring is 1. The van der Waals surface area contributed by atoms with Crippen molar-refractivity contribution < 1.29 is 23.2 Å². The summed E-state index contributed by atoms with van der Waals surface area (Å²) in [6, 6.07) is 8.28. The fourth-order valence-electron chi connectivity index (χ4n) is 1.70. The first-order chi connectivity index (χ1) is 10.9. The first kappa shape index (κ1) is 16.1. The molecule has 2 aromatic rings. The summed E-state index contributed by atoms with van der Waals surface area (Å²) in [5, 5.41) is 3.68. The number of halogens is 2. The molecule has 0 atom stereocenters. The molecule has 8 heteroatoms. The minimum atomic E-state index is -1.33. The van der Waals surface area contributed by atoms with Crippen molar-refractivity contribution in [3.8, 4) is 0 Å². The van der Waals surface area contributed by atoms with Gasteiger partial charge in [0.2, 0.25) is 0 Å². The summed E-state index contributed by atoms with van der Waals surface area (Å²) in [7, 11) is 0. The quantitative estimate of drug-likeness (QED) is 0.576. The summed E-state index contributed by atoms with van der Waals surface area (Å²) in [6.45, 7) is 0. The molecule has 3 amide bonds. The Kier molecular flexibility index (Phi) is 4.65. The lowest BCUT2D eigenvalue weighted by Gasteiger charge is -2.08. The van der Waals surface area contributed by atoms with E-state index in [2.05, 4.69) is 0 Å². The number of imide groups is 1. The highest BCUT2D eigenvalue weighted by Crippen LogP contribution is 2.15. The Hall–Kier alpha value is -3.29. The monoisotopic (exact) mass is 319 g/mol. The van der Waals surface area contributed by atoms with E-state index >= 15 is 0 Å². The van der Waals surface area contributed by atoms with E-state index < -0.39 is 35.0 Å². The maximum absolute atomic E-state index is 13.4. The van der Waals surface area contributed by atoms with Crippen LogP contribution in [0.5, 0.6) is 0 Å². The Morgan fingerprint density at radius 3 is 2.35 bits per heavy atom. The number of anilines is 2. The molecule has 0 aromatic heterocycles. The van der Waals surface area contributed by atoms with Crippen molar-refractivity contribution in [1.82, 2.24) is 5.32 Å². The van der Waals surface area contributed by atoms with E-state index in [0.717, 1.165) is 12.1 Å². The molecule has 0 heterocycles. The van der Waals surface area contributed by atoms with E-state index in [0.29, 0.717) is 6.07 Å². The van der Waals surface area contributed by atoms with E-state index in [1.165, 1.54) is 18.2 Å². The molecule has 0 fully saturated rings. The molecule has 2 aromatic carbocycles. The summed E-state index contributed by atoms with van der Waals surface area (Å²) in [6.07, 6.45) is 0. The van der Waals surface area contributed by atoms with E-state index in [4.69, 9.17) is 5.73 Å². The van der Waals surface area contributed by atoms with Crippen molar-refractivity contribution in [2.75, 3.05) is 11.1 Å². The topological polar surface area (TPSA) is 101 Å². The molecule has 4 N–H and O–H groups in total. The summed E-state index contributed by atoms with van der Waals surface area (Å²) >= 11 is 0. The van der Waals surface area contributed by atoms with Gasteiger partial charge in [-0.25, -0.2) is 8.78 Å². The molecule has 0 aliphatic rings. The van der Waals surface area contributed by atoms with Crippen LogP contribution in [0.1, 0.15) is 10.4 Å². The van der Waals surface area contributed by atoms with Gasteiger partial charge in [-0.05, 0) is 24.3 Å². The third kappa shape index (κ3) is 3.88. The normalized spacial score (nSPS) is 10.0. The van der Waals surface area contributed by atoms with Crippen LogP contribution >= 0.6 is 0 Å². The first-order valence-corrected chi connectivity index (χ1v) is 6.34. The largest absolute Gasteiger partial charge is 0.398 e. The number of benzene rings is 2. The Balaban J connectivity index is 2.06. The lowest BCUT2D eigenvalue weighted by molar-refractivity contribution is -0.135. The molecule has 0 spiro atoms. The summed E-state index contributed by atoms with van der Waals surface area (Å²) in [5.74, 6) is -5.26. The van der Waals surface area contributed by atoms with Gasteiger partial charge in [-0.2, -0.15) is 0 Å². The molecule has 23 heavy (non-hydrogen) atoms. The van der Waals surface area contributed by atoms with Gasteiger partial charge in [0.15, 0.2) is 0 Å². The van der Waals surface area contributed by atoms with Crippen molar-refractivity contribution in [1.29, 1.82) is 0 Å². The van der Waals surface area contributed by atoms with Gasteiger partial charge in [0, 0.05) is 11.8 Å². The fraction of sp³-hybridized carbons (Fsp3) is 0. The lowest BCUT2D eigenvalue weighted by atomic mass is 10.1. The van der Waals surface area contributed by atoms with Gasteiger partial charge in [0.1, 0.15) is 11.6 Å². The minimum Gasteiger partial charge on any atom is -0.398 e. The molecule has 0 unspecified atom stereocenters. The van der Waals surface area contributed by atoms with Crippen molar-refractivity contribution in [2.24, 2.45) is 0 Å². The van der Waals surface area contributed by atoms with Crippen LogP contribution in [0.4, 0.5) is 20.2 Å². The number of nitrogens with two attached hydrogens (primary N) is 1. The van der Waals surface area contributed by atoms with Gasteiger partial charge in [-0.3, -0.25) is 19.7 Å². The predicted octanol–water partition coefficient (Wildman–Crippen LogP) is 1.44. The number of carbonyl (C=O) groups excluding carboxylic acids is 3. The maximum atomic E-state index is 13.4. The molecule has 6 nitrogen and oxygen atoms in total. The van der Waals surface area contributed by atoms with E-state index in [1.807, 2.05) is 5.32 Å². The van der Waals surface area contributed by atoms with Crippen LogP contribution in [0.2, 0.25) is 0 Å². The average Bonchev–Trinajstić information content (AvgIpc) is 2.51. The minimum absolute atomic E-state index is 0.00517. The van der Waals surface area contributed by atoms with Gasteiger partial charge in [-0.15, -0.1) is 0 Å². The molecule has 0 aliphatic heterocycles. The number of rotatable bonds is 2. The molecule has 0 aliphatic carbocycles. The molecule has 0 radical (unpaired) electrons. The third-order valence-corrected chi connectivity index (χ3v) is 2.82. The number of nitrogens with one attached hydrogen (secondary N) is 2. The van der Waals surface area contributed by atoms with Crippen LogP contribution in [0.15, 0.2) is 42.5 Å². The number of hydrogen-bond acceptors (Lipinski definition) is 4. The highest BCUT2D eigenvalue weighted by Gasteiger charge is 2.20. The third-order valence-electron chi connectivity index (χ3n) is 2.82. The van der Waals surface area contributed by atoms with Gasteiger partial charge in [0.05, 0.1) is 11.3 Å². The SMILES string of the molecule is Nc1ccccc1C(=O)NC(=O)C(=O)Nc1cc(F)ccc1F. The Morgan fingerprint density at radius 1 is 0.957 bits per heavy atom. The first-order valence-electron chi connectivity index (χ1n) is 6.34. The zero-order valence-corrected chi connectivity index (χ0v) is 11.6. The Labute approximate surface area is 129 Å². The van der Waals surface area contributed by atoms with Crippen molar-refractivity contribution in [3.05, 3.63) is 59.7 Å². The van der Waals surface area contributed by atoms with Crippen molar-refractivity contribution in [3.63, 3.8) is 0 Å². The van der Waals surface area contributed by atoms with Crippen LogP contribution in [0.25, 0.3) is 0 Å². The smallest absolute Gasteiger partial charge is 0.316 e. The highest BCUT2D eigenvalue weighted by molar-refractivity contribution is 6.42. The second kappa shape index (κ2) is 6.65. The maximum Gasteiger partial charge on any atom is 0.316 e. The molecule has 118 valence electrons. The average molecular weight is 319 g/mol. The zero-order valence-electron chi connectivity index (χ0n) is 11.6. The van der Waals surface area contributed by atoms with Gasteiger partial charge in [0.25, 0.3) is 5.91 Å². The fourth-order valence-corrected chi connectivity index (χ4v) is 1.70. The standard InChI is InChI=1S/C15H11F2N3O3/c16-8-5-6-10(17)12(7-8)19-14(22)15(23)20-13(21)9-3-1-2-4-11(9)18/h1-7H,18H2,(H,19,22)(H,20,21,23). The lowest BCUT2D eigenvalue weighted by Crippen LogP contribution is -2.39. The molecular weight excluding hydrogens is 308 g/mol. The Bertz CT molecular complexity index is 793. The van der Waals surface area contributed by atoms with Gasteiger partial charge in [-0.1, -0.05) is 12.1 Å². The summed E-state index contributed by atoms with van der Waals surface area (Å²) in [5.41, 5.74) is 5.18. The van der Waals surface area contributed by atoms with Crippen molar-refractivity contribution >= 4 is 29.1 Å². The molecule has 0 bridgehead atoms. The number of carbonyl (C=O) groups is 3. The zero-order chi connectivity index (χ0) is 17.0. The highest BCUT2D eigenvalue weighted by atomic mass is 19.1. The molecule has 0 saturated heterocycles. The number of hydrogen-bond donors (Lipinski definition) is 3. The van der Waals surface area contributed by atoms with Crippen LogP contribution in [0.3, 0.4) is 0 Å². The Morgan fingerprint density at radius 2 is 1.65 bits per heavy atom. The van der Waals surface area contributed by atoms with Crippen LogP contribution in [0, 0.1) is 11.6 Å². The predicted molar refractivity (Wildman–Crippen MR) is 78.3 cm³/mol. The second-order valence-corrected chi connectivity index (χ2v) is 4.45. The molecule has 0 saturated carbocycles. The van der Waals surface area contributed by atoms with E-state index in [9.17, 15) is 23.2 Å². The number of para-hydroxylation sites is 1. The van der Waals surface area contributed by atoms with Gasteiger partial charge >= 0.3 is 11.8 Å². The van der Waals surface area contributed by atoms with Gasteiger partial charge < -0.3 is 11.1 Å². The molecule has 2 rings (SSSR count). The van der Waals surface area contributed by atoms with Crippen LogP contribution in [-0.4, -0.2) is 17.7 Å². The van der Waals surface area contributed by atoms with Crippen molar-refractivity contribution in [2.45, 2.75) is 0 Å². The molecular formula is C15H11F2N3O3. The second-order valence-electron chi connectivity index (χ2n) is 4.45. The summed E-state index contributed by atoms with van der Waals surface area (Å²) in [4.78, 5) is 35.1. The van der Waals surface area contributed by atoms with E-state index in [1.54, 1.807) is 11.4 Å². The summed E-state index contributed by atoms with van der Waals surface area (Å²) < 4.78 is 26.4. The van der Waals surface area contributed by atoms with Crippen LogP contribution < -0.4 is 16.4 Å². The van der Waals surface area contributed by atoms with E-state index in [-0.39, 0.29) is 11.3 Å².